The molecule has 72 valence electrons. The number of esters is 1. The molecule has 0 aliphatic carbocycles. The zero-order valence-corrected chi connectivity index (χ0v) is 8.54. The SMILES string of the molecule is COC(=O)C[C@H](O)c1[nH]ncc1Br. The maximum atomic E-state index is 10.8. The molecular weight excluding hydrogens is 240 g/mol. The second-order valence-electron chi connectivity index (χ2n) is 2.43. The Kier molecular flexibility index (Phi) is 3.44. The molecule has 0 aromatic carbocycles. The van der Waals surface area contributed by atoms with Crippen LogP contribution < -0.4 is 0 Å². The highest BCUT2D eigenvalue weighted by Crippen LogP contribution is 2.22. The first-order valence-electron chi connectivity index (χ1n) is 3.58. The summed E-state index contributed by atoms with van der Waals surface area (Å²) in [5, 5.41) is 15.8. The molecular formula is C7H9BrN2O3. The van der Waals surface area contributed by atoms with Gasteiger partial charge in [-0.1, -0.05) is 0 Å². The van der Waals surface area contributed by atoms with Gasteiger partial charge < -0.3 is 9.84 Å². The third kappa shape index (κ3) is 2.53. The lowest BCUT2D eigenvalue weighted by Crippen LogP contribution is -2.08. The van der Waals surface area contributed by atoms with E-state index in [4.69, 9.17) is 0 Å². The normalized spacial score (nSPS) is 12.5. The number of H-pyrrole nitrogens is 1. The third-order valence-corrected chi connectivity index (χ3v) is 2.17. The number of aromatic nitrogens is 2. The lowest BCUT2D eigenvalue weighted by atomic mass is 10.2. The second kappa shape index (κ2) is 4.38. The minimum absolute atomic E-state index is 0.0860. The summed E-state index contributed by atoms with van der Waals surface area (Å²) in [5.74, 6) is -0.464. The molecule has 0 spiro atoms. The average molecular weight is 249 g/mol. The minimum Gasteiger partial charge on any atom is -0.469 e. The van der Waals surface area contributed by atoms with Gasteiger partial charge in [-0.25, -0.2) is 0 Å². The summed E-state index contributed by atoms with van der Waals surface area (Å²) in [6.45, 7) is 0. The summed E-state index contributed by atoms with van der Waals surface area (Å²) >= 11 is 3.17. The van der Waals surface area contributed by atoms with E-state index in [-0.39, 0.29) is 6.42 Å². The number of halogens is 1. The fourth-order valence-electron chi connectivity index (χ4n) is 0.858. The third-order valence-electron chi connectivity index (χ3n) is 1.54. The molecule has 0 saturated heterocycles. The van der Waals surface area contributed by atoms with Gasteiger partial charge in [0, 0.05) is 0 Å². The van der Waals surface area contributed by atoms with Crippen LogP contribution in [-0.2, 0) is 9.53 Å². The van der Waals surface area contributed by atoms with Gasteiger partial charge in [0.1, 0.15) is 6.10 Å². The van der Waals surface area contributed by atoms with Crippen LogP contribution in [0.3, 0.4) is 0 Å². The molecule has 13 heavy (non-hydrogen) atoms. The van der Waals surface area contributed by atoms with E-state index in [1.807, 2.05) is 0 Å². The number of rotatable bonds is 3. The number of hydrogen-bond acceptors (Lipinski definition) is 4. The van der Waals surface area contributed by atoms with Crippen molar-refractivity contribution in [3.63, 3.8) is 0 Å². The van der Waals surface area contributed by atoms with E-state index in [0.717, 1.165) is 0 Å². The van der Waals surface area contributed by atoms with Crippen molar-refractivity contribution in [2.24, 2.45) is 0 Å². The lowest BCUT2D eigenvalue weighted by Gasteiger charge is -2.06. The molecule has 5 nitrogen and oxygen atoms in total. The molecule has 1 atom stereocenters. The first-order valence-corrected chi connectivity index (χ1v) is 4.38. The fourth-order valence-corrected chi connectivity index (χ4v) is 1.31. The van der Waals surface area contributed by atoms with Crippen molar-refractivity contribution in [3.8, 4) is 0 Å². The van der Waals surface area contributed by atoms with Gasteiger partial charge in [-0.2, -0.15) is 5.10 Å². The summed E-state index contributed by atoms with van der Waals surface area (Å²) in [5.41, 5.74) is 0.477. The van der Waals surface area contributed by atoms with E-state index in [1.165, 1.54) is 13.3 Å². The van der Waals surface area contributed by atoms with Gasteiger partial charge in [-0.05, 0) is 15.9 Å². The zero-order chi connectivity index (χ0) is 9.84. The van der Waals surface area contributed by atoms with Gasteiger partial charge in [0.05, 0.1) is 29.9 Å². The zero-order valence-electron chi connectivity index (χ0n) is 6.95. The first-order chi connectivity index (χ1) is 6.15. The van der Waals surface area contributed by atoms with Crippen LogP contribution in [0.2, 0.25) is 0 Å². The van der Waals surface area contributed by atoms with Gasteiger partial charge in [0.25, 0.3) is 0 Å². The Morgan fingerprint density at radius 2 is 2.62 bits per heavy atom. The van der Waals surface area contributed by atoms with Crippen LogP contribution in [0.1, 0.15) is 18.2 Å². The van der Waals surface area contributed by atoms with Crippen LogP contribution in [0, 0.1) is 0 Å². The molecule has 0 unspecified atom stereocenters. The van der Waals surface area contributed by atoms with Gasteiger partial charge >= 0.3 is 5.97 Å². The fraction of sp³-hybridized carbons (Fsp3) is 0.429. The summed E-state index contributed by atoms with van der Waals surface area (Å²) in [6.07, 6.45) is 0.511. The van der Waals surface area contributed by atoms with Crippen LogP contribution in [0.25, 0.3) is 0 Å². The van der Waals surface area contributed by atoms with Crippen molar-refractivity contribution >= 4 is 21.9 Å². The van der Waals surface area contributed by atoms with E-state index in [0.29, 0.717) is 10.2 Å². The van der Waals surface area contributed by atoms with Gasteiger partial charge in [0.15, 0.2) is 0 Å². The molecule has 2 N–H and O–H groups in total. The maximum Gasteiger partial charge on any atom is 0.308 e. The molecule has 1 heterocycles. The van der Waals surface area contributed by atoms with Gasteiger partial charge in [-0.15, -0.1) is 0 Å². The number of carbonyl (C=O) groups excluding carboxylic acids is 1. The van der Waals surface area contributed by atoms with Crippen LogP contribution in [0.5, 0.6) is 0 Å². The molecule has 1 aromatic rings. The molecule has 0 aliphatic rings. The standard InChI is InChI=1S/C7H9BrN2O3/c1-13-6(12)2-5(11)7-4(8)3-9-10-7/h3,5,11H,2H2,1H3,(H,9,10)/t5-/m0/s1. The quantitative estimate of drug-likeness (QED) is 0.776. The number of ether oxygens (including phenoxy) is 1. The maximum absolute atomic E-state index is 10.8. The van der Waals surface area contributed by atoms with E-state index in [9.17, 15) is 9.90 Å². The Labute approximate surface area is 83.2 Å². The second-order valence-corrected chi connectivity index (χ2v) is 3.28. The Morgan fingerprint density at radius 1 is 1.92 bits per heavy atom. The van der Waals surface area contributed by atoms with Crippen molar-refractivity contribution in [2.75, 3.05) is 7.11 Å². The number of methoxy groups -OCH3 is 1. The summed E-state index contributed by atoms with van der Waals surface area (Å²) in [4.78, 5) is 10.8. The van der Waals surface area contributed by atoms with E-state index < -0.39 is 12.1 Å². The monoisotopic (exact) mass is 248 g/mol. The average Bonchev–Trinajstić information content (AvgIpc) is 2.51. The highest BCUT2D eigenvalue weighted by Gasteiger charge is 2.17. The Bertz CT molecular complexity index is 300. The van der Waals surface area contributed by atoms with E-state index in [2.05, 4.69) is 30.9 Å². The predicted molar refractivity (Wildman–Crippen MR) is 47.9 cm³/mol. The predicted octanol–water partition coefficient (Wildman–Crippen LogP) is 0.769. The molecule has 1 rings (SSSR count). The number of carbonyl (C=O) groups is 1. The Hall–Kier alpha value is -0.880. The van der Waals surface area contributed by atoms with Crippen molar-refractivity contribution < 1.29 is 14.6 Å². The van der Waals surface area contributed by atoms with Crippen LogP contribution in [0.4, 0.5) is 0 Å². The van der Waals surface area contributed by atoms with Crippen LogP contribution in [0.15, 0.2) is 10.7 Å². The topological polar surface area (TPSA) is 75.2 Å². The summed E-state index contributed by atoms with van der Waals surface area (Å²) in [6, 6.07) is 0. The van der Waals surface area contributed by atoms with Crippen molar-refractivity contribution in [1.82, 2.24) is 10.2 Å². The first kappa shape index (κ1) is 10.2. The van der Waals surface area contributed by atoms with E-state index in [1.54, 1.807) is 0 Å². The molecule has 0 radical (unpaired) electrons. The minimum atomic E-state index is -0.913. The number of aliphatic hydroxyl groups is 1. The van der Waals surface area contributed by atoms with Crippen molar-refractivity contribution in [2.45, 2.75) is 12.5 Å². The highest BCUT2D eigenvalue weighted by molar-refractivity contribution is 9.10. The van der Waals surface area contributed by atoms with Crippen LogP contribution >= 0.6 is 15.9 Å². The highest BCUT2D eigenvalue weighted by atomic mass is 79.9. The van der Waals surface area contributed by atoms with E-state index >= 15 is 0 Å². The lowest BCUT2D eigenvalue weighted by molar-refractivity contribution is -0.142. The molecule has 1 aromatic heterocycles. The number of aromatic amines is 1. The molecule has 6 heteroatoms. The number of nitrogens with one attached hydrogen (secondary N) is 1. The molecule has 0 fully saturated rings. The van der Waals surface area contributed by atoms with Gasteiger partial charge in [-0.3, -0.25) is 9.89 Å². The molecule has 0 aliphatic heterocycles. The number of aliphatic hydroxyl groups excluding tert-OH is 1. The summed E-state index contributed by atoms with van der Waals surface area (Å²) in [7, 11) is 1.27. The molecule has 0 bridgehead atoms. The summed E-state index contributed by atoms with van der Waals surface area (Å²) < 4.78 is 5.05. The van der Waals surface area contributed by atoms with Crippen LogP contribution in [-0.4, -0.2) is 28.4 Å². The number of nitrogens with zero attached hydrogens (tertiary/aromatic N) is 1. The largest absolute Gasteiger partial charge is 0.469 e. The Morgan fingerprint density at radius 3 is 3.08 bits per heavy atom. The molecule has 0 amide bonds. The smallest absolute Gasteiger partial charge is 0.308 e. The Balaban J connectivity index is 2.63. The molecule has 0 saturated carbocycles. The van der Waals surface area contributed by atoms with Gasteiger partial charge in [0.2, 0.25) is 0 Å². The van der Waals surface area contributed by atoms with Crippen molar-refractivity contribution in [3.05, 3.63) is 16.4 Å². The van der Waals surface area contributed by atoms with Crippen molar-refractivity contribution in [1.29, 1.82) is 0 Å². The number of hydrogen-bond donors (Lipinski definition) is 2.